The van der Waals surface area contributed by atoms with Crippen LogP contribution in [0.15, 0.2) is 30.3 Å². The molecule has 1 aromatic rings. The maximum Gasteiger partial charge on any atom is 0.326 e. The molecule has 0 saturated carbocycles. The Morgan fingerprint density at radius 3 is 2.22 bits per heavy atom. The van der Waals surface area contributed by atoms with Gasteiger partial charge in [0.15, 0.2) is 0 Å². The molecule has 128 valence electrons. The van der Waals surface area contributed by atoms with Gasteiger partial charge in [-0.15, -0.1) is 0 Å². The number of carboxylic acids is 1. The fraction of sp³-hybridized carbons (Fsp3) is 0.467. The molecule has 0 aromatic heterocycles. The van der Waals surface area contributed by atoms with Crippen molar-refractivity contribution < 1.29 is 23.1 Å². The predicted molar refractivity (Wildman–Crippen MR) is 86.4 cm³/mol. The molecule has 0 aliphatic rings. The van der Waals surface area contributed by atoms with Crippen LogP contribution in [-0.2, 0) is 26.0 Å². The summed E-state index contributed by atoms with van der Waals surface area (Å²) in [5, 5.41) is 9.37. The molecule has 1 N–H and O–H groups in total. The summed E-state index contributed by atoms with van der Waals surface area (Å²) in [7, 11) is -0.819. The van der Waals surface area contributed by atoms with E-state index in [2.05, 4.69) is 0 Å². The minimum absolute atomic E-state index is 0.118. The summed E-state index contributed by atoms with van der Waals surface area (Å²) in [5.74, 6) is -1.81. The van der Waals surface area contributed by atoms with Crippen molar-refractivity contribution in [3.63, 3.8) is 0 Å². The summed E-state index contributed by atoms with van der Waals surface area (Å²) >= 11 is 0. The molecule has 0 radical (unpaired) electrons. The van der Waals surface area contributed by atoms with Crippen LogP contribution in [0.5, 0.6) is 0 Å². The predicted octanol–water partition coefficient (Wildman–Crippen LogP) is 0.422. The Kier molecular flexibility index (Phi) is 6.71. The summed E-state index contributed by atoms with van der Waals surface area (Å²) in [6.45, 7) is 1.10. The second-order valence-corrected chi connectivity index (χ2v) is 7.57. The lowest BCUT2D eigenvalue weighted by Gasteiger charge is -2.27. The van der Waals surface area contributed by atoms with Gasteiger partial charge in [-0.25, -0.2) is 13.2 Å². The molecule has 0 saturated heterocycles. The van der Waals surface area contributed by atoms with Crippen molar-refractivity contribution in [1.29, 1.82) is 0 Å². The number of hydrogen-bond acceptors (Lipinski definition) is 4. The van der Waals surface area contributed by atoms with E-state index in [-0.39, 0.29) is 18.7 Å². The second-order valence-electron chi connectivity index (χ2n) is 5.21. The van der Waals surface area contributed by atoms with Crippen molar-refractivity contribution in [2.24, 2.45) is 0 Å². The van der Waals surface area contributed by atoms with Gasteiger partial charge in [-0.05, 0) is 12.5 Å². The van der Waals surface area contributed by atoms with Crippen LogP contribution in [0.1, 0.15) is 12.5 Å². The number of sulfonamides is 1. The highest BCUT2D eigenvalue weighted by Crippen LogP contribution is 2.10. The average Bonchev–Trinajstić information content (AvgIpc) is 2.52. The van der Waals surface area contributed by atoms with Gasteiger partial charge in [0.25, 0.3) is 0 Å². The number of benzene rings is 1. The van der Waals surface area contributed by atoms with E-state index in [0.29, 0.717) is 0 Å². The fourth-order valence-corrected chi connectivity index (χ4v) is 2.77. The molecule has 0 aliphatic heterocycles. The zero-order valence-electron chi connectivity index (χ0n) is 13.5. The van der Waals surface area contributed by atoms with Crippen LogP contribution in [-0.4, -0.2) is 67.0 Å². The first kappa shape index (κ1) is 19.1. The van der Waals surface area contributed by atoms with E-state index in [9.17, 15) is 23.1 Å². The van der Waals surface area contributed by atoms with E-state index in [1.807, 2.05) is 6.07 Å². The number of hydrogen-bond donors (Lipinski definition) is 1. The molecule has 1 rings (SSSR count). The van der Waals surface area contributed by atoms with Gasteiger partial charge in [0.05, 0.1) is 12.3 Å². The molecular weight excluding hydrogens is 320 g/mol. The van der Waals surface area contributed by atoms with Crippen LogP contribution in [0.25, 0.3) is 0 Å². The van der Waals surface area contributed by atoms with E-state index >= 15 is 0 Å². The maximum absolute atomic E-state index is 12.2. The second kappa shape index (κ2) is 8.07. The van der Waals surface area contributed by atoms with E-state index in [0.717, 1.165) is 14.8 Å². The van der Waals surface area contributed by atoms with E-state index in [1.54, 1.807) is 24.3 Å². The highest BCUT2D eigenvalue weighted by atomic mass is 32.2. The Morgan fingerprint density at radius 1 is 1.17 bits per heavy atom. The Balaban J connectivity index is 2.83. The summed E-state index contributed by atoms with van der Waals surface area (Å²) in [6, 6.07) is 7.90. The molecule has 0 heterocycles. The lowest BCUT2D eigenvalue weighted by Crippen LogP contribution is -2.48. The highest BCUT2D eigenvalue weighted by Gasteiger charge is 2.29. The smallest absolute Gasteiger partial charge is 0.326 e. The zero-order chi connectivity index (χ0) is 17.6. The van der Waals surface area contributed by atoms with Gasteiger partial charge in [-0.1, -0.05) is 30.3 Å². The number of carboxylic acid groups (broad SMARTS) is 1. The molecule has 0 aliphatic carbocycles. The fourth-order valence-electron chi connectivity index (χ4n) is 2.02. The van der Waals surface area contributed by atoms with Crippen LogP contribution in [0, 0.1) is 0 Å². The first-order valence-electron chi connectivity index (χ1n) is 7.15. The summed E-state index contributed by atoms with van der Waals surface area (Å²) in [4.78, 5) is 24.8. The summed E-state index contributed by atoms with van der Waals surface area (Å²) < 4.78 is 24.3. The average molecular weight is 342 g/mol. The number of likely N-dealkylation sites (N-methyl/N-ethyl adjacent to an activating group) is 2. The molecule has 1 atom stereocenters. The molecule has 1 unspecified atom stereocenters. The first-order chi connectivity index (χ1) is 10.7. The zero-order valence-corrected chi connectivity index (χ0v) is 14.3. The van der Waals surface area contributed by atoms with Crippen molar-refractivity contribution in [3.8, 4) is 0 Å². The molecule has 1 aromatic carbocycles. The van der Waals surface area contributed by atoms with Gasteiger partial charge in [0, 0.05) is 20.5 Å². The Labute approximate surface area is 136 Å². The molecular formula is C15H22N2O5S. The Morgan fingerprint density at radius 2 is 1.74 bits per heavy atom. The van der Waals surface area contributed by atoms with Gasteiger partial charge >= 0.3 is 5.97 Å². The number of rotatable bonds is 8. The third-order valence-electron chi connectivity index (χ3n) is 3.62. The third kappa shape index (κ3) is 5.33. The molecule has 0 spiro atoms. The van der Waals surface area contributed by atoms with Gasteiger partial charge < -0.3 is 10.0 Å². The van der Waals surface area contributed by atoms with Crippen LogP contribution < -0.4 is 0 Å². The summed E-state index contributed by atoms with van der Waals surface area (Å²) in [5.41, 5.74) is 0.786. The molecule has 23 heavy (non-hydrogen) atoms. The van der Waals surface area contributed by atoms with E-state index in [1.165, 1.54) is 21.0 Å². The van der Waals surface area contributed by atoms with Gasteiger partial charge in [-0.2, -0.15) is 4.31 Å². The largest absolute Gasteiger partial charge is 0.480 e. The number of amides is 1. The van der Waals surface area contributed by atoms with Crippen LogP contribution in [0.3, 0.4) is 0 Å². The summed E-state index contributed by atoms with van der Waals surface area (Å²) in [6.07, 6.45) is 0.155. The maximum atomic E-state index is 12.2. The van der Waals surface area contributed by atoms with Crippen LogP contribution in [0.2, 0.25) is 0 Å². The first-order valence-corrected chi connectivity index (χ1v) is 8.76. The quantitative estimate of drug-likeness (QED) is 0.739. The lowest BCUT2D eigenvalue weighted by molar-refractivity contribution is -0.149. The lowest BCUT2D eigenvalue weighted by atomic mass is 10.1. The van der Waals surface area contributed by atoms with E-state index < -0.39 is 27.9 Å². The number of aliphatic carboxylic acids is 1. The van der Waals surface area contributed by atoms with Gasteiger partial charge in [0.1, 0.15) is 6.04 Å². The Bertz CT molecular complexity index is 645. The molecule has 8 heteroatoms. The van der Waals surface area contributed by atoms with Gasteiger partial charge in [-0.3, -0.25) is 4.79 Å². The normalized spacial score (nSPS) is 12.9. The Hall–Kier alpha value is -1.93. The van der Waals surface area contributed by atoms with Crippen molar-refractivity contribution in [3.05, 3.63) is 35.9 Å². The van der Waals surface area contributed by atoms with Crippen LogP contribution >= 0.6 is 0 Å². The van der Waals surface area contributed by atoms with Crippen LogP contribution in [0.4, 0.5) is 0 Å². The minimum atomic E-state index is -3.49. The highest BCUT2D eigenvalue weighted by molar-refractivity contribution is 7.89. The van der Waals surface area contributed by atoms with Gasteiger partial charge in [0.2, 0.25) is 15.9 Å². The number of nitrogens with zero attached hydrogens (tertiary/aromatic N) is 2. The topological polar surface area (TPSA) is 95.0 Å². The number of carbonyl (C=O) groups excluding carboxylic acids is 1. The van der Waals surface area contributed by atoms with Crippen molar-refractivity contribution in [2.45, 2.75) is 19.4 Å². The SMILES string of the molecule is CCS(=O)(=O)N(C)CC(=O)N(C)C(Cc1ccccc1)C(=O)O. The molecule has 7 nitrogen and oxygen atoms in total. The van der Waals surface area contributed by atoms with E-state index in [4.69, 9.17) is 0 Å². The monoisotopic (exact) mass is 342 g/mol. The van der Waals surface area contributed by atoms with Crippen molar-refractivity contribution in [1.82, 2.24) is 9.21 Å². The van der Waals surface area contributed by atoms with Crippen molar-refractivity contribution >= 4 is 21.9 Å². The molecule has 0 fully saturated rings. The molecule has 0 bridgehead atoms. The minimum Gasteiger partial charge on any atom is -0.480 e. The third-order valence-corrected chi connectivity index (χ3v) is 5.42. The number of carbonyl (C=O) groups is 2. The molecule has 1 amide bonds. The standard InChI is InChI=1S/C15H22N2O5S/c1-4-23(21,22)16(2)11-14(18)17(3)13(15(19)20)10-12-8-6-5-7-9-12/h5-9,13H,4,10-11H2,1-3H3,(H,19,20). The van der Waals surface area contributed by atoms with Crippen molar-refractivity contribution in [2.75, 3.05) is 26.4 Å².